The van der Waals surface area contributed by atoms with Crippen LogP contribution in [-0.2, 0) is 6.18 Å². The number of amides is 1. The van der Waals surface area contributed by atoms with Gasteiger partial charge in [0.15, 0.2) is 5.69 Å². The quantitative estimate of drug-likeness (QED) is 0.767. The molecule has 140 valence electrons. The third-order valence-corrected chi connectivity index (χ3v) is 5.09. The third-order valence-electron chi connectivity index (χ3n) is 4.10. The molecule has 0 bridgehead atoms. The summed E-state index contributed by atoms with van der Waals surface area (Å²) in [7, 11) is 1.44. The van der Waals surface area contributed by atoms with Crippen LogP contribution in [0.5, 0.6) is 0 Å². The fraction of sp³-hybridized carbons (Fsp3) is 0.438. The maximum atomic E-state index is 12.9. The van der Waals surface area contributed by atoms with Crippen LogP contribution in [0.2, 0.25) is 0 Å². The first kappa shape index (κ1) is 18.6. The summed E-state index contributed by atoms with van der Waals surface area (Å²) in [6.07, 6.45) is -1.53. The van der Waals surface area contributed by atoms with Gasteiger partial charge in [0, 0.05) is 13.0 Å². The molecular formula is C16H18F3N5OS. The lowest BCUT2D eigenvalue weighted by atomic mass is 10.2. The normalized spacial score (nSPS) is 14.5. The summed E-state index contributed by atoms with van der Waals surface area (Å²) in [6.45, 7) is 1.98. The first-order chi connectivity index (χ1) is 12.2. The molecule has 2 aromatic rings. The van der Waals surface area contributed by atoms with Gasteiger partial charge in [0.1, 0.15) is 5.69 Å². The monoisotopic (exact) mass is 385 g/mol. The fourth-order valence-corrected chi connectivity index (χ4v) is 3.52. The Kier molecular flexibility index (Phi) is 4.87. The summed E-state index contributed by atoms with van der Waals surface area (Å²) in [5.41, 5.74) is 5.76. The summed E-state index contributed by atoms with van der Waals surface area (Å²) in [5, 5.41) is 7.09. The number of nitrogens with one attached hydrogen (secondary N) is 1. The van der Waals surface area contributed by atoms with Crippen LogP contribution in [0.4, 0.5) is 24.5 Å². The molecule has 3 N–H and O–H groups in total. The van der Waals surface area contributed by atoms with E-state index in [1.165, 1.54) is 23.7 Å². The van der Waals surface area contributed by atoms with Crippen molar-refractivity contribution in [2.75, 3.05) is 23.4 Å². The van der Waals surface area contributed by atoms with Crippen molar-refractivity contribution in [2.24, 2.45) is 0 Å². The van der Waals surface area contributed by atoms with Gasteiger partial charge in [-0.3, -0.25) is 9.89 Å². The van der Waals surface area contributed by atoms with Gasteiger partial charge in [-0.2, -0.15) is 18.3 Å². The molecule has 1 saturated carbocycles. The molecule has 1 fully saturated rings. The van der Waals surface area contributed by atoms with Crippen LogP contribution in [0, 0.1) is 0 Å². The molecule has 0 spiro atoms. The van der Waals surface area contributed by atoms with E-state index in [9.17, 15) is 18.0 Å². The van der Waals surface area contributed by atoms with Crippen molar-refractivity contribution < 1.29 is 18.0 Å². The second-order valence-electron chi connectivity index (χ2n) is 6.01. The molecule has 3 rings (SSSR count). The molecule has 1 aliphatic rings. The number of H-pyrrole nitrogens is 1. The Bertz CT molecular complexity index is 832. The maximum absolute atomic E-state index is 12.9. The smallest absolute Gasteiger partial charge is 0.397 e. The Morgan fingerprint density at radius 1 is 1.46 bits per heavy atom. The molecule has 26 heavy (non-hydrogen) atoms. The molecule has 0 radical (unpaired) electrons. The van der Waals surface area contributed by atoms with Gasteiger partial charge < -0.3 is 10.6 Å². The first-order valence-electron chi connectivity index (χ1n) is 8.05. The van der Waals surface area contributed by atoms with Crippen molar-refractivity contribution in [3.8, 4) is 0 Å². The number of carbonyl (C=O) groups excluding carboxylic acids is 1. The zero-order chi connectivity index (χ0) is 19.1. The highest BCUT2D eigenvalue weighted by atomic mass is 32.2. The van der Waals surface area contributed by atoms with E-state index in [1.807, 2.05) is 6.92 Å². The maximum Gasteiger partial charge on any atom is 0.433 e. The highest BCUT2D eigenvalue weighted by molar-refractivity contribution is 7.99. The summed E-state index contributed by atoms with van der Waals surface area (Å²) >= 11 is 1.52. The minimum Gasteiger partial charge on any atom is -0.397 e. The highest BCUT2D eigenvalue weighted by Crippen LogP contribution is 2.44. The van der Waals surface area contributed by atoms with E-state index in [0.717, 1.165) is 41.4 Å². The number of hydrogen-bond acceptors (Lipinski definition) is 5. The Labute approximate surface area is 152 Å². The Balaban J connectivity index is 1.91. The van der Waals surface area contributed by atoms with Crippen molar-refractivity contribution >= 4 is 29.0 Å². The number of carbonyl (C=O) groups is 1. The molecular weight excluding hydrogens is 367 g/mol. The summed E-state index contributed by atoms with van der Waals surface area (Å²) in [5.74, 6) is 0.714. The minimum absolute atomic E-state index is 0.103. The number of aromatic amines is 1. The van der Waals surface area contributed by atoms with Crippen molar-refractivity contribution in [3.05, 3.63) is 29.3 Å². The lowest BCUT2D eigenvalue weighted by Gasteiger charge is -2.19. The molecule has 0 atom stereocenters. The van der Waals surface area contributed by atoms with Crippen LogP contribution in [-0.4, -0.2) is 33.9 Å². The molecule has 10 heteroatoms. The summed E-state index contributed by atoms with van der Waals surface area (Å²) in [6, 6.07) is 0.723. The minimum atomic E-state index is -4.60. The second-order valence-corrected chi connectivity index (χ2v) is 7.29. The Morgan fingerprint density at radius 3 is 2.69 bits per heavy atom. The SMILES string of the molecule is CCSc1c(C(=O)N(C)c2cnc(C(F)(F)F)cc2N)n[nH]c1C1CC1. The van der Waals surface area contributed by atoms with Gasteiger partial charge in [0.2, 0.25) is 0 Å². The Morgan fingerprint density at radius 2 is 2.15 bits per heavy atom. The summed E-state index contributed by atoms with van der Waals surface area (Å²) < 4.78 is 38.2. The van der Waals surface area contributed by atoms with Crippen molar-refractivity contribution in [3.63, 3.8) is 0 Å². The number of nitrogen functional groups attached to an aromatic ring is 1. The van der Waals surface area contributed by atoms with Gasteiger partial charge in [0.05, 0.1) is 28.2 Å². The van der Waals surface area contributed by atoms with Gasteiger partial charge in [-0.25, -0.2) is 4.98 Å². The van der Waals surface area contributed by atoms with Crippen LogP contribution in [0.3, 0.4) is 0 Å². The number of nitrogens with two attached hydrogens (primary N) is 1. The molecule has 0 unspecified atom stereocenters. The van der Waals surface area contributed by atoms with Crippen molar-refractivity contribution in [1.29, 1.82) is 0 Å². The van der Waals surface area contributed by atoms with E-state index in [0.29, 0.717) is 5.92 Å². The van der Waals surface area contributed by atoms with E-state index in [4.69, 9.17) is 5.73 Å². The number of alkyl halides is 3. The van der Waals surface area contributed by atoms with Crippen LogP contribution in [0.1, 0.15) is 47.6 Å². The van der Waals surface area contributed by atoms with Gasteiger partial charge in [0.25, 0.3) is 5.91 Å². The number of halogens is 3. The predicted molar refractivity (Wildman–Crippen MR) is 93.3 cm³/mol. The number of hydrogen-bond donors (Lipinski definition) is 2. The number of aromatic nitrogens is 3. The number of rotatable bonds is 5. The molecule has 0 aromatic carbocycles. The topological polar surface area (TPSA) is 87.9 Å². The van der Waals surface area contributed by atoms with Gasteiger partial charge >= 0.3 is 6.18 Å². The van der Waals surface area contributed by atoms with Crippen molar-refractivity contribution in [1.82, 2.24) is 15.2 Å². The average Bonchev–Trinajstić information content (AvgIpc) is 3.34. The largest absolute Gasteiger partial charge is 0.433 e. The number of anilines is 2. The van der Waals surface area contributed by atoms with Crippen molar-refractivity contribution in [2.45, 2.75) is 36.8 Å². The Hall–Kier alpha value is -2.23. The third kappa shape index (κ3) is 3.50. The lowest BCUT2D eigenvalue weighted by molar-refractivity contribution is -0.141. The number of pyridine rings is 1. The van der Waals surface area contributed by atoms with Gasteiger partial charge in [-0.1, -0.05) is 6.92 Å². The predicted octanol–water partition coefficient (Wildman–Crippen LogP) is 3.67. The summed E-state index contributed by atoms with van der Waals surface area (Å²) in [4.78, 5) is 18.2. The number of nitrogens with zero attached hydrogens (tertiary/aromatic N) is 3. The highest BCUT2D eigenvalue weighted by Gasteiger charge is 2.35. The molecule has 2 heterocycles. The zero-order valence-electron chi connectivity index (χ0n) is 14.2. The van der Waals surface area contributed by atoms with E-state index in [-0.39, 0.29) is 17.1 Å². The van der Waals surface area contributed by atoms with E-state index in [2.05, 4.69) is 15.2 Å². The molecule has 1 aliphatic carbocycles. The second kappa shape index (κ2) is 6.82. The molecule has 1 amide bonds. The van der Waals surface area contributed by atoms with Crippen LogP contribution >= 0.6 is 11.8 Å². The van der Waals surface area contributed by atoms with E-state index >= 15 is 0 Å². The molecule has 0 saturated heterocycles. The lowest BCUT2D eigenvalue weighted by Crippen LogP contribution is -2.28. The average molecular weight is 385 g/mol. The molecule has 2 aromatic heterocycles. The van der Waals surface area contributed by atoms with E-state index < -0.39 is 17.8 Å². The van der Waals surface area contributed by atoms with Gasteiger partial charge in [-0.15, -0.1) is 11.8 Å². The fourth-order valence-electron chi connectivity index (χ4n) is 2.60. The standard InChI is InChI=1S/C16H18F3N5OS/c1-3-26-14-12(8-4-5-8)22-23-13(14)15(25)24(2)10-7-21-11(6-9(10)20)16(17,18)19/h6-8H,3-5H2,1-2H3,(H2,20,21)(H,22,23). The van der Waals surface area contributed by atoms with Crippen LogP contribution < -0.4 is 10.6 Å². The number of thioether (sulfide) groups is 1. The zero-order valence-corrected chi connectivity index (χ0v) is 15.0. The van der Waals surface area contributed by atoms with Gasteiger partial charge in [-0.05, 0) is 24.7 Å². The van der Waals surface area contributed by atoms with Crippen LogP contribution in [0.15, 0.2) is 17.2 Å². The first-order valence-corrected chi connectivity index (χ1v) is 9.04. The molecule has 6 nitrogen and oxygen atoms in total. The molecule has 0 aliphatic heterocycles. The van der Waals surface area contributed by atoms with Crippen LogP contribution in [0.25, 0.3) is 0 Å². The van der Waals surface area contributed by atoms with E-state index in [1.54, 1.807) is 0 Å².